The molecule has 2 N–H and O–H groups in total. The van der Waals surface area contributed by atoms with Crippen molar-refractivity contribution in [3.8, 4) is 18.1 Å². The van der Waals surface area contributed by atoms with E-state index in [1.54, 1.807) is 12.1 Å². The Labute approximate surface area is 118 Å². The molecule has 102 valence electrons. The van der Waals surface area contributed by atoms with Gasteiger partial charge in [-0.1, -0.05) is 43.5 Å². The van der Waals surface area contributed by atoms with Gasteiger partial charge in [-0.25, -0.2) is 0 Å². The van der Waals surface area contributed by atoms with Crippen molar-refractivity contribution in [3.05, 3.63) is 42.0 Å². The van der Waals surface area contributed by atoms with Crippen LogP contribution in [0.4, 0.5) is 0 Å². The highest BCUT2D eigenvalue weighted by molar-refractivity contribution is 6.01. The number of amides is 1. The number of terminal acetylenes is 1. The molecule has 0 saturated heterocycles. The SMILES string of the molecule is C#CC(CCC)NC(=O)c1cc2ccccc2cc1O. The number of nitrogens with one attached hydrogen (secondary N) is 1. The predicted octanol–water partition coefficient (Wildman–Crippen LogP) is 3.08. The number of phenols is 1. The summed E-state index contributed by atoms with van der Waals surface area (Å²) in [5, 5.41) is 14.5. The van der Waals surface area contributed by atoms with Crippen LogP contribution in [0.5, 0.6) is 5.75 Å². The van der Waals surface area contributed by atoms with Crippen LogP contribution < -0.4 is 5.32 Å². The van der Waals surface area contributed by atoms with E-state index in [4.69, 9.17) is 6.42 Å². The maximum atomic E-state index is 12.2. The lowest BCUT2D eigenvalue weighted by Gasteiger charge is -2.13. The van der Waals surface area contributed by atoms with Crippen LogP contribution in [0.15, 0.2) is 36.4 Å². The molecule has 1 unspecified atom stereocenters. The Morgan fingerprint density at radius 3 is 2.60 bits per heavy atom. The zero-order valence-corrected chi connectivity index (χ0v) is 11.4. The molecule has 1 amide bonds. The van der Waals surface area contributed by atoms with E-state index in [1.165, 1.54) is 0 Å². The smallest absolute Gasteiger partial charge is 0.256 e. The topological polar surface area (TPSA) is 49.3 Å². The summed E-state index contributed by atoms with van der Waals surface area (Å²) in [4.78, 5) is 12.2. The van der Waals surface area contributed by atoms with E-state index in [9.17, 15) is 9.90 Å². The Kier molecular flexibility index (Phi) is 4.27. The standard InChI is InChI=1S/C17H17NO2/c1-3-7-14(4-2)18-17(20)15-10-12-8-5-6-9-13(12)11-16(15)19/h2,5-6,8-11,14,19H,3,7H2,1H3,(H,18,20). The van der Waals surface area contributed by atoms with Crippen LogP contribution in [-0.4, -0.2) is 17.1 Å². The van der Waals surface area contributed by atoms with Crippen LogP contribution in [0.3, 0.4) is 0 Å². The zero-order valence-electron chi connectivity index (χ0n) is 11.4. The van der Waals surface area contributed by atoms with Crippen LogP contribution >= 0.6 is 0 Å². The molecule has 0 fully saturated rings. The second-order valence-electron chi connectivity index (χ2n) is 4.70. The molecule has 0 heterocycles. The number of hydrogen-bond donors (Lipinski definition) is 2. The monoisotopic (exact) mass is 267 g/mol. The normalized spacial score (nSPS) is 11.8. The molecule has 3 nitrogen and oxygen atoms in total. The molecule has 2 rings (SSSR count). The van der Waals surface area contributed by atoms with E-state index in [2.05, 4.69) is 11.2 Å². The maximum absolute atomic E-state index is 12.2. The molecule has 0 saturated carbocycles. The summed E-state index contributed by atoms with van der Waals surface area (Å²) in [6.45, 7) is 2.00. The molecule has 3 heteroatoms. The fraction of sp³-hybridized carbons (Fsp3) is 0.235. The van der Waals surface area contributed by atoms with Gasteiger partial charge in [-0.2, -0.15) is 0 Å². The minimum atomic E-state index is -0.343. The molecular formula is C17H17NO2. The van der Waals surface area contributed by atoms with Gasteiger partial charge in [0.25, 0.3) is 5.91 Å². The van der Waals surface area contributed by atoms with Crippen molar-refractivity contribution in [1.82, 2.24) is 5.32 Å². The Bertz CT molecular complexity index is 670. The molecule has 2 aromatic carbocycles. The molecule has 2 aromatic rings. The third-order valence-electron chi connectivity index (χ3n) is 3.19. The summed E-state index contributed by atoms with van der Waals surface area (Å²) in [7, 11) is 0. The van der Waals surface area contributed by atoms with Crippen LogP contribution in [0, 0.1) is 12.3 Å². The summed E-state index contributed by atoms with van der Waals surface area (Å²) >= 11 is 0. The van der Waals surface area contributed by atoms with Crippen molar-refractivity contribution in [2.75, 3.05) is 0 Å². The minimum absolute atomic E-state index is 0.0338. The zero-order chi connectivity index (χ0) is 14.5. The Morgan fingerprint density at radius 1 is 1.35 bits per heavy atom. The summed E-state index contributed by atoms with van der Waals surface area (Å²) in [5.74, 6) is 2.17. The van der Waals surface area contributed by atoms with Crippen molar-refractivity contribution in [2.24, 2.45) is 0 Å². The Balaban J connectivity index is 2.30. The molecule has 0 aliphatic carbocycles. The lowest BCUT2D eigenvalue weighted by molar-refractivity contribution is 0.0942. The first-order chi connectivity index (χ1) is 9.65. The number of phenolic OH excluding ortho intramolecular Hbond substituents is 1. The van der Waals surface area contributed by atoms with E-state index in [-0.39, 0.29) is 23.3 Å². The molecule has 0 aliphatic heterocycles. The van der Waals surface area contributed by atoms with E-state index in [1.807, 2.05) is 31.2 Å². The first-order valence-electron chi connectivity index (χ1n) is 6.64. The second-order valence-corrected chi connectivity index (χ2v) is 4.70. The van der Waals surface area contributed by atoms with Crippen molar-refractivity contribution in [2.45, 2.75) is 25.8 Å². The minimum Gasteiger partial charge on any atom is -0.507 e. The van der Waals surface area contributed by atoms with E-state index in [0.29, 0.717) is 0 Å². The van der Waals surface area contributed by atoms with Gasteiger partial charge in [0.2, 0.25) is 0 Å². The quantitative estimate of drug-likeness (QED) is 0.836. The molecule has 0 bridgehead atoms. The number of carbonyl (C=O) groups excluding carboxylic acids is 1. The highest BCUT2D eigenvalue weighted by atomic mass is 16.3. The van der Waals surface area contributed by atoms with Gasteiger partial charge in [0.05, 0.1) is 11.6 Å². The van der Waals surface area contributed by atoms with Gasteiger partial charge in [-0.15, -0.1) is 6.42 Å². The van der Waals surface area contributed by atoms with Crippen molar-refractivity contribution >= 4 is 16.7 Å². The fourth-order valence-electron chi connectivity index (χ4n) is 2.13. The third-order valence-corrected chi connectivity index (χ3v) is 3.19. The molecular weight excluding hydrogens is 250 g/mol. The first kappa shape index (κ1) is 14.0. The van der Waals surface area contributed by atoms with E-state index < -0.39 is 0 Å². The van der Waals surface area contributed by atoms with Gasteiger partial charge in [-0.3, -0.25) is 4.79 Å². The van der Waals surface area contributed by atoms with Gasteiger partial charge in [-0.05, 0) is 29.3 Å². The highest BCUT2D eigenvalue weighted by Crippen LogP contribution is 2.25. The van der Waals surface area contributed by atoms with Crippen molar-refractivity contribution < 1.29 is 9.90 Å². The van der Waals surface area contributed by atoms with Crippen LogP contribution in [0.2, 0.25) is 0 Å². The number of fused-ring (bicyclic) bond motifs is 1. The Hall–Kier alpha value is -2.47. The summed E-state index contributed by atoms with van der Waals surface area (Å²) < 4.78 is 0. The van der Waals surface area contributed by atoms with Gasteiger partial charge in [0, 0.05) is 0 Å². The first-order valence-corrected chi connectivity index (χ1v) is 6.64. The highest BCUT2D eigenvalue weighted by Gasteiger charge is 2.15. The summed E-state index contributed by atoms with van der Waals surface area (Å²) in [6.07, 6.45) is 6.99. The molecule has 1 atom stereocenters. The van der Waals surface area contributed by atoms with Gasteiger partial charge in [0.1, 0.15) is 5.75 Å². The average Bonchev–Trinajstić information content (AvgIpc) is 2.45. The average molecular weight is 267 g/mol. The summed E-state index contributed by atoms with van der Waals surface area (Å²) in [5.41, 5.74) is 0.250. The van der Waals surface area contributed by atoms with Crippen molar-refractivity contribution in [1.29, 1.82) is 0 Å². The van der Waals surface area contributed by atoms with Crippen LogP contribution in [0.25, 0.3) is 10.8 Å². The lowest BCUT2D eigenvalue weighted by Crippen LogP contribution is -2.33. The number of rotatable bonds is 4. The number of benzene rings is 2. The predicted molar refractivity (Wildman–Crippen MR) is 80.6 cm³/mol. The molecule has 0 aliphatic rings. The molecule has 20 heavy (non-hydrogen) atoms. The number of aromatic hydroxyl groups is 1. The van der Waals surface area contributed by atoms with E-state index >= 15 is 0 Å². The van der Waals surface area contributed by atoms with Crippen molar-refractivity contribution in [3.63, 3.8) is 0 Å². The molecule has 0 spiro atoms. The van der Waals surface area contributed by atoms with Gasteiger partial charge in [0.15, 0.2) is 0 Å². The fourth-order valence-corrected chi connectivity index (χ4v) is 2.13. The largest absolute Gasteiger partial charge is 0.507 e. The maximum Gasteiger partial charge on any atom is 0.256 e. The number of carbonyl (C=O) groups is 1. The van der Waals surface area contributed by atoms with Crippen LogP contribution in [-0.2, 0) is 0 Å². The summed E-state index contributed by atoms with van der Waals surface area (Å²) in [6, 6.07) is 10.5. The van der Waals surface area contributed by atoms with Crippen LogP contribution in [0.1, 0.15) is 30.1 Å². The van der Waals surface area contributed by atoms with Gasteiger partial charge < -0.3 is 10.4 Å². The third kappa shape index (κ3) is 2.92. The Morgan fingerprint density at radius 2 is 2.00 bits per heavy atom. The molecule has 0 aromatic heterocycles. The second kappa shape index (κ2) is 6.12. The number of hydrogen-bond acceptors (Lipinski definition) is 2. The van der Waals surface area contributed by atoms with Gasteiger partial charge >= 0.3 is 0 Å². The lowest BCUT2D eigenvalue weighted by atomic mass is 10.0. The van der Waals surface area contributed by atoms with E-state index in [0.717, 1.165) is 23.6 Å². The molecule has 0 radical (unpaired) electrons.